The van der Waals surface area contributed by atoms with Crippen LogP contribution in [-0.4, -0.2) is 50.6 Å². The molecule has 0 aliphatic rings. The fourth-order valence-electron chi connectivity index (χ4n) is 1.87. The van der Waals surface area contributed by atoms with Gasteiger partial charge in [0.1, 0.15) is 18.3 Å². The molecular weight excluding hydrogens is 212 g/mol. The van der Waals surface area contributed by atoms with Crippen LogP contribution in [0, 0.1) is 0 Å². The van der Waals surface area contributed by atoms with Gasteiger partial charge >= 0.3 is 0 Å². The summed E-state index contributed by atoms with van der Waals surface area (Å²) in [5.41, 5.74) is -1.45. The van der Waals surface area contributed by atoms with Crippen LogP contribution in [0.5, 0.6) is 0 Å². The van der Waals surface area contributed by atoms with E-state index in [2.05, 4.69) is 0 Å². The van der Waals surface area contributed by atoms with Gasteiger partial charge in [-0.2, -0.15) is 0 Å². The topological polar surface area (TPSA) is 98.0 Å². The van der Waals surface area contributed by atoms with E-state index in [9.17, 15) is 20.1 Å². The highest BCUT2D eigenvalue weighted by molar-refractivity contribution is 5.56. The summed E-state index contributed by atoms with van der Waals surface area (Å²) in [5, 5.41) is 38.5. The van der Waals surface area contributed by atoms with E-state index in [0.29, 0.717) is 25.7 Å². The maximum absolute atomic E-state index is 10.3. The minimum absolute atomic E-state index is 0.145. The fraction of sp³-hybridized carbons (Fsp3) is 0.909. The summed E-state index contributed by atoms with van der Waals surface area (Å²) in [5.74, 6) is 0. The summed E-state index contributed by atoms with van der Waals surface area (Å²) >= 11 is 0. The largest absolute Gasteiger partial charge is 0.387 e. The average molecular weight is 234 g/mol. The molecule has 0 rings (SSSR count). The third-order valence-electron chi connectivity index (χ3n) is 2.73. The van der Waals surface area contributed by atoms with Gasteiger partial charge in [-0.05, 0) is 12.8 Å². The molecule has 0 aromatic heterocycles. The molecule has 0 spiro atoms. The van der Waals surface area contributed by atoms with Gasteiger partial charge in [-0.15, -0.1) is 0 Å². The first kappa shape index (κ1) is 15.5. The highest BCUT2D eigenvalue weighted by Crippen LogP contribution is 2.26. The Morgan fingerprint density at radius 2 is 1.56 bits per heavy atom. The van der Waals surface area contributed by atoms with Crippen molar-refractivity contribution in [2.75, 3.05) is 0 Å². The van der Waals surface area contributed by atoms with Crippen molar-refractivity contribution in [3.8, 4) is 0 Å². The smallest absolute Gasteiger partial charge is 0.151 e. The molecule has 0 saturated heterocycles. The molecule has 0 aromatic carbocycles. The number of aldehydes is 1. The molecule has 0 radical (unpaired) electrons. The average Bonchev–Trinajstić information content (AvgIpc) is 2.26. The Labute approximate surface area is 95.7 Å². The van der Waals surface area contributed by atoms with Crippen molar-refractivity contribution in [1.82, 2.24) is 0 Å². The van der Waals surface area contributed by atoms with Crippen LogP contribution in [0.3, 0.4) is 0 Å². The van der Waals surface area contributed by atoms with E-state index in [1.54, 1.807) is 0 Å². The number of hydrogen-bond donors (Lipinski definition) is 4. The van der Waals surface area contributed by atoms with Gasteiger partial charge in [0.2, 0.25) is 0 Å². The van der Waals surface area contributed by atoms with E-state index in [4.69, 9.17) is 5.11 Å². The molecule has 5 heteroatoms. The maximum Gasteiger partial charge on any atom is 0.151 e. The monoisotopic (exact) mass is 234 g/mol. The molecule has 5 nitrogen and oxygen atoms in total. The van der Waals surface area contributed by atoms with Crippen LogP contribution in [0.4, 0.5) is 0 Å². The van der Waals surface area contributed by atoms with Crippen LogP contribution in [0.15, 0.2) is 0 Å². The van der Waals surface area contributed by atoms with Gasteiger partial charge < -0.3 is 25.2 Å². The second-order valence-electron chi connectivity index (χ2n) is 4.17. The first-order chi connectivity index (χ1) is 7.42. The lowest BCUT2D eigenvalue weighted by atomic mass is 9.83. The van der Waals surface area contributed by atoms with E-state index >= 15 is 0 Å². The van der Waals surface area contributed by atoms with Crippen LogP contribution >= 0.6 is 0 Å². The summed E-state index contributed by atoms with van der Waals surface area (Å²) in [6.45, 7) is 3.69. The summed E-state index contributed by atoms with van der Waals surface area (Å²) in [7, 11) is 0. The van der Waals surface area contributed by atoms with E-state index in [-0.39, 0.29) is 6.29 Å². The van der Waals surface area contributed by atoms with Crippen LogP contribution in [0.2, 0.25) is 0 Å². The number of rotatable bonds is 8. The van der Waals surface area contributed by atoms with Gasteiger partial charge in [-0.25, -0.2) is 0 Å². The van der Waals surface area contributed by atoms with Crippen molar-refractivity contribution < 1.29 is 25.2 Å². The predicted octanol–water partition coefficient (Wildman–Crippen LogP) is -0.401. The first-order valence-corrected chi connectivity index (χ1v) is 5.64. The molecule has 0 aromatic rings. The number of carbonyl (C=O) groups excluding carboxylic acids is 1. The molecule has 0 aliphatic heterocycles. The van der Waals surface area contributed by atoms with E-state index in [0.717, 1.165) is 0 Å². The Kier molecular flexibility index (Phi) is 6.74. The van der Waals surface area contributed by atoms with Crippen molar-refractivity contribution in [3.63, 3.8) is 0 Å². The van der Waals surface area contributed by atoms with Crippen LogP contribution in [0.1, 0.15) is 39.5 Å². The minimum atomic E-state index is -1.67. The molecule has 0 saturated carbocycles. The second-order valence-corrected chi connectivity index (χ2v) is 4.17. The standard InChI is InChI=1S/C11H22O5/c1-3-5-11(16,6-4-2)10(15)9(14)8(13)7-12/h7-10,13-16H,3-6H2,1-2H3/t8-,9+,10-/m0/s1. The summed E-state index contributed by atoms with van der Waals surface area (Å²) in [4.78, 5) is 10.3. The van der Waals surface area contributed by atoms with Gasteiger partial charge in [0, 0.05) is 0 Å². The van der Waals surface area contributed by atoms with Gasteiger partial charge in [-0.1, -0.05) is 26.7 Å². The molecule has 0 heterocycles. The third-order valence-corrected chi connectivity index (χ3v) is 2.73. The lowest BCUT2D eigenvalue weighted by Crippen LogP contribution is -2.53. The van der Waals surface area contributed by atoms with Crippen molar-refractivity contribution in [2.24, 2.45) is 0 Å². The lowest BCUT2D eigenvalue weighted by molar-refractivity contribution is -0.161. The third kappa shape index (κ3) is 3.83. The van der Waals surface area contributed by atoms with Gasteiger partial charge in [0.25, 0.3) is 0 Å². The molecule has 3 atom stereocenters. The Morgan fingerprint density at radius 3 is 1.88 bits per heavy atom. The molecule has 0 amide bonds. The van der Waals surface area contributed by atoms with Crippen LogP contribution < -0.4 is 0 Å². The summed E-state index contributed by atoms with van der Waals surface area (Å²) in [6, 6.07) is 0. The normalized spacial score (nSPS) is 17.9. The fourth-order valence-corrected chi connectivity index (χ4v) is 1.87. The quantitative estimate of drug-likeness (QED) is 0.428. The van der Waals surface area contributed by atoms with E-state index < -0.39 is 23.9 Å². The first-order valence-electron chi connectivity index (χ1n) is 5.64. The number of carbonyl (C=O) groups is 1. The van der Waals surface area contributed by atoms with E-state index in [1.165, 1.54) is 0 Å². The van der Waals surface area contributed by atoms with Gasteiger partial charge in [0.15, 0.2) is 6.29 Å². The number of aliphatic hydroxyl groups is 4. The molecule has 96 valence electrons. The Hall–Kier alpha value is -0.490. The maximum atomic E-state index is 10.3. The van der Waals surface area contributed by atoms with Crippen LogP contribution in [0.25, 0.3) is 0 Å². The van der Waals surface area contributed by atoms with Crippen LogP contribution in [-0.2, 0) is 4.79 Å². The zero-order chi connectivity index (χ0) is 12.8. The SMILES string of the molecule is CCCC(O)(CCC)[C@@H](O)[C@H](O)[C@@H](O)C=O. The zero-order valence-electron chi connectivity index (χ0n) is 9.83. The lowest BCUT2D eigenvalue weighted by Gasteiger charge is -2.36. The molecule has 16 heavy (non-hydrogen) atoms. The number of hydrogen-bond acceptors (Lipinski definition) is 5. The highest BCUT2D eigenvalue weighted by Gasteiger charge is 2.40. The minimum Gasteiger partial charge on any atom is -0.387 e. The van der Waals surface area contributed by atoms with Crippen molar-refractivity contribution in [2.45, 2.75) is 63.4 Å². The highest BCUT2D eigenvalue weighted by atomic mass is 16.4. The molecule has 0 aliphatic carbocycles. The van der Waals surface area contributed by atoms with Gasteiger partial charge in [-0.3, -0.25) is 0 Å². The van der Waals surface area contributed by atoms with Crippen molar-refractivity contribution >= 4 is 6.29 Å². The summed E-state index contributed by atoms with van der Waals surface area (Å²) < 4.78 is 0. The molecule has 0 fully saturated rings. The molecule has 0 bridgehead atoms. The second kappa shape index (κ2) is 6.96. The Balaban J connectivity index is 4.71. The zero-order valence-corrected chi connectivity index (χ0v) is 9.83. The molecule has 0 unspecified atom stereocenters. The van der Waals surface area contributed by atoms with Gasteiger partial charge in [0.05, 0.1) is 5.60 Å². The predicted molar refractivity (Wildman–Crippen MR) is 58.9 cm³/mol. The summed E-state index contributed by atoms with van der Waals surface area (Å²) in [6.07, 6.45) is -2.81. The molecule has 4 N–H and O–H groups in total. The Morgan fingerprint density at radius 1 is 1.12 bits per heavy atom. The Bertz CT molecular complexity index is 201. The van der Waals surface area contributed by atoms with Crippen molar-refractivity contribution in [3.05, 3.63) is 0 Å². The molecular formula is C11H22O5. The number of aliphatic hydroxyl groups excluding tert-OH is 3. The van der Waals surface area contributed by atoms with Crippen molar-refractivity contribution in [1.29, 1.82) is 0 Å². The van der Waals surface area contributed by atoms with E-state index in [1.807, 2.05) is 13.8 Å².